The fourth-order valence-electron chi connectivity index (χ4n) is 2.50. The molecule has 0 saturated carbocycles. The zero-order valence-corrected chi connectivity index (χ0v) is 11.6. The molecular weight excluding hydrogens is 232 g/mol. The van der Waals surface area contributed by atoms with Crippen molar-refractivity contribution < 1.29 is 0 Å². The first-order chi connectivity index (χ1) is 8.01. The molecule has 1 unspecified atom stereocenters. The van der Waals surface area contributed by atoms with Crippen molar-refractivity contribution in [3.8, 4) is 0 Å². The predicted octanol–water partition coefficient (Wildman–Crippen LogP) is 3.00. The summed E-state index contributed by atoms with van der Waals surface area (Å²) < 4.78 is 0. The van der Waals surface area contributed by atoms with Crippen molar-refractivity contribution in [2.75, 3.05) is 20.6 Å². The van der Waals surface area contributed by atoms with Crippen LogP contribution in [0.3, 0.4) is 0 Å². The predicted molar refractivity (Wildman–Crippen MR) is 73.4 cm³/mol. The Morgan fingerprint density at radius 2 is 2.18 bits per heavy atom. The van der Waals surface area contributed by atoms with E-state index in [2.05, 4.69) is 49.4 Å². The Kier molecular flexibility index (Phi) is 3.76. The molecule has 1 fully saturated rings. The van der Waals surface area contributed by atoms with E-state index in [4.69, 9.17) is 11.6 Å². The average Bonchev–Trinajstić information content (AvgIpc) is 2.69. The van der Waals surface area contributed by atoms with Gasteiger partial charge in [-0.05, 0) is 57.6 Å². The molecule has 3 heteroatoms. The minimum atomic E-state index is 0.111. The number of nitrogens with one attached hydrogen (secondary N) is 1. The van der Waals surface area contributed by atoms with E-state index in [-0.39, 0.29) is 5.54 Å². The smallest absolute Gasteiger partial charge is 0.0454 e. The van der Waals surface area contributed by atoms with Crippen molar-refractivity contribution in [1.82, 2.24) is 10.2 Å². The normalized spacial score (nSPS) is 24.5. The molecular formula is C14H21ClN2. The van der Waals surface area contributed by atoms with Crippen LogP contribution >= 0.6 is 11.6 Å². The molecule has 1 aliphatic heterocycles. The highest BCUT2D eigenvalue weighted by Crippen LogP contribution is 2.32. The van der Waals surface area contributed by atoms with E-state index < -0.39 is 0 Å². The van der Waals surface area contributed by atoms with Gasteiger partial charge in [0.2, 0.25) is 0 Å². The lowest BCUT2D eigenvalue weighted by Crippen LogP contribution is -2.33. The van der Waals surface area contributed by atoms with Crippen LogP contribution in [-0.4, -0.2) is 25.5 Å². The zero-order chi connectivity index (χ0) is 12.5. The van der Waals surface area contributed by atoms with Gasteiger partial charge in [-0.3, -0.25) is 0 Å². The molecule has 0 spiro atoms. The summed E-state index contributed by atoms with van der Waals surface area (Å²) in [5.74, 6) is 0. The highest BCUT2D eigenvalue weighted by molar-refractivity contribution is 6.31. The van der Waals surface area contributed by atoms with E-state index in [9.17, 15) is 0 Å². The molecule has 1 saturated heterocycles. The second-order valence-electron chi connectivity index (χ2n) is 5.41. The molecule has 94 valence electrons. The van der Waals surface area contributed by atoms with Crippen molar-refractivity contribution in [2.24, 2.45) is 0 Å². The zero-order valence-electron chi connectivity index (χ0n) is 10.9. The van der Waals surface area contributed by atoms with Gasteiger partial charge in [0.15, 0.2) is 0 Å². The number of halogens is 1. The lowest BCUT2D eigenvalue weighted by atomic mass is 9.90. The lowest BCUT2D eigenvalue weighted by molar-refractivity contribution is 0.401. The molecule has 0 radical (unpaired) electrons. The summed E-state index contributed by atoms with van der Waals surface area (Å²) in [6, 6.07) is 6.49. The van der Waals surface area contributed by atoms with E-state index in [0.29, 0.717) is 0 Å². The second-order valence-corrected chi connectivity index (χ2v) is 5.81. The van der Waals surface area contributed by atoms with E-state index in [1.165, 1.54) is 24.0 Å². The van der Waals surface area contributed by atoms with Crippen LogP contribution in [0.15, 0.2) is 18.2 Å². The fraction of sp³-hybridized carbons (Fsp3) is 0.571. The quantitative estimate of drug-likeness (QED) is 0.890. The van der Waals surface area contributed by atoms with Crippen molar-refractivity contribution in [3.63, 3.8) is 0 Å². The molecule has 0 bridgehead atoms. The van der Waals surface area contributed by atoms with Crippen LogP contribution in [0.4, 0.5) is 0 Å². The van der Waals surface area contributed by atoms with Crippen LogP contribution in [0.25, 0.3) is 0 Å². The van der Waals surface area contributed by atoms with Gasteiger partial charge in [-0.2, -0.15) is 0 Å². The molecule has 2 rings (SSSR count). The van der Waals surface area contributed by atoms with Gasteiger partial charge in [-0.15, -0.1) is 0 Å². The van der Waals surface area contributed by atoms with Crippen LogP contribution < -0.4 is 5.32 Å². The Morgan fingerprint density at radius 3 is 2.71 bits per heavy atom. The summed E-state index contributed by atoms with van der Waals surface area (Å²) in [5, 5.41) is 4.45. The summed E-state index contributed by atoms with van der Waals surface area (Å²) >= 11 is 6.36. The molecule has 1 aromatic rings. The van der Waals surface area contributed by atoms with Gasteiger partial charge in [-0.25, -0.2) is 0 Å². The van der Waals surface area contributed by atoms with Crippen molar-refractivity contribution >= 4 is 11.6 Å². The van der Waals surface area contributed by atoms with Crippen LogP contribution in [-0.2, 0) is 12.1 Å². The molecule has 0 aromatic heterocycles. The van der Waals surface area contributed by atoms with Crippen molar-refractivity contribution in [3.05, 3.63) is 34.3 Å². The van der Waals surface area contributed by atoms with Gasteiger partial charge in [0.1, 0.15) is 0 Å². The van der Waals surface area contributed by atoms with Gasteiger partial charge in [0.25, 0.3) is 0 Å². The number of rotatable bonds is 3. The first-order valence-electron chi connectivity index (χ1n) is 6.20. The largest absolute Gasteiger partial charge is 0.308 e. The average molecular weight is 253 g/mol. The monoisotopic (exact) mass is 252 g/mol. The van der Waals surface area contributed by atoms with E-state index in [1.54, 1.807) is 0 Å². The summed E-state index contributed by atoms with van der Waals surface area (Å²) in [5.41, 5.74) is 2.62. The maximum atomic E-state index is 6.36. The van der Waals surface area contributed by atoms with E-state index in [1.807, 2.05) is 0 Å². The third-order valence-corrected chi connectivity index (χ3v) is 3.90. The SMILES string of the molecule is CN(C)Cc1ccc(C2(C)CCCN2)cc1Cl. The molecule has 2 nitrogen and oxygen atoms in total. The molecule has 0 amide bonds. The lowest BCUT2D eigenvalue weighted by Gasteiger charge is -2.26. The third kappa shape index (κ3) is 2.82. The molecule has 1 aliphatic rings. The van der Waals surface area contributed by atoms with Crippen LogP contribution in [0.2, 0.25) is 5.02 Å². The van der Waals surface area contributed by atoms with Crippen LogP contribution in [0.1, 0.15) is 30.9 Å². The Morgan fingerprint density at radius 1 is 1.41 bits per heavy atom. The summed E-state index contributed by atoms with van der Waals surface area (Å²) in [6.45, 7) is 4.26. The first kappa shape index (κ1) is 12.9. The Hall–Kier alpha value is -0.570. The first-order valence-corrected chi connectivity index (χ1v) is 6.58. The maximum absolute atomic E-state index is 6.36. The molecule has 1 aromatic carbocycles. The molecule has 17 heavy (non-hydrogen) atoms. The summed E-state index contributed by atoms with van der Waals surface area (Å²) in [6.07, 6.45) is 2.43. The molecule has 1 heterocycles. The number of hydrogen-bond acceptors (Lipinski definition) is 2. The standard InChI is InChI=1S/C14H21ClN2/c1-14(7-4-8-16-14)12-6-5-11(10-17(2)3)13(15)9-12/h5-6,9,16H,4,7-8,10H2,1-3H3. The summed E-state index contributed by atoms with van der Waals surface area (Å²) in [4.78, 5) is 2.14. The van der Waals surface area contributed by atoms with Gasteiger partial charge in [0.05, 0.1) is 0 Å². The Bertz CT molecular complexity index is 395. The molecule has 1 atom stereocenters. The topological polar surface area (TPSA) is 15.3 Å². The summed E-state index contributed by atoms with van der Waals surface area (Å²) in [7, 11) is 4.12. The highest BCUT2D eigenvalue weighted by Gasteiger charge is 2.30. The number of hydrogen-bond donors (Lipinski definition) is 1. The second kappa shape index (κ2) is 4.97. The maximum Gasteiger partial charge on any atom is 0.0454 e. The Balaban J connectivity index is 2.24. The number of benzene rings is 1. The van der Waals surface area contributed by atoms with Gasteiger partial charge < -0.3 is 10.2 Å². The van der Waals surface area contributed by atoms with Crippen LogP contribution in [0, 0.1) is 0 Å². The van der Waals surface area contributed by atoms with Crippen molar-refractivity contribution in [1.29, 1.82) is 0 Å². The Labute approximate surface area is 109 Å². The fourth-order valence-corrected chi connectivity index (χ4v) is 2.74. The van der Waals surface area contributed by atoms with Gasteiger partial charge in [-0.1, -0.05) is 23.7 Å². The third-order valence-electron chi connectivity index (χ3n) is 3.55. The molecule has 0 aliphatic carbocycles. The van der Waals surface area contributed by atoms with E-state index in [0.717, 1.165) is 18.1 Å². The van der Waals surface area contributed by atoms with Gasteiger partial charge in [0, 0.05) is 17.1 Å². The highest BCUT2D eigenvalue weighted by atomic mass is 35.5. The van der Waals surface area contributed by atoms with E-state index >= 15 is 0 Å². The van der Waals surface area contributed by atoms with Gasteiger partial charge >= 0.3 is 0 Å². The van der Waals surface area contributed by atoms with Crippen molar-refractivity contribution in [2.45, 2.75) is 31.8 Å². The molecule has 1 N–H and O–H groups in total. The van der Waals surface area contributed by atoms with Crippen LogP contribution in [0.5, 0.6) is 0 Å². The minimum Gasteiger partial charge on any atom is -0.308 e. The minimum absolute atomic E-state index is 0.111. The number of nitrogens with zero attached hydrogens (tertiary/aromatic N) is 1.